The van der Waals surface area contributed by atoms with Gasteiger partial charge >= 0.3 is 0 Å². The zero-order valence-corrected chi connectivity index (χ0v) is 25.2. The third-order valence-corrected chi connectivity index (χ3v) is 8.86. The number of nitrogens with one attached hydrogen (secondary N) is 1. The number of anilines is 1. The molecular weight excluding hydrogens is 570 g/mol. The van der Waals surface area contributed by atoms with Crippen LogP contribution >= 0.6 is 11.6 Å². The highest BCUT2D eigenvalue weighted by Crippen LogP contribution is 2.29. The number of amides is 2. The molecule has 42 heavy (non-hydrogen) atoms. The molecule has 218 valence electrons. The number of likely N-dealkylation sites (N-methyl/N-ethyl adjacent to an activating group) is 1. The molecule has 1 unspecified atom stereocenters. The average molecular weight is 604 g/mol. The summed E-state index contributed by atoms with van der Waals surface area (Å²) < 4.78 is 29.2. The van der Waals surface area contributed by atoms with E-state index in [0.29, 0.717) is 22.8 Å². The van der Waals surface area contributed by atoms with Crippen LogP contribution < -0.4 is 9.62 Å². The first-order valence-electron chi connectivity index (χ1n) is 13.7. The lowest BCUT2D eigenvalue weighted by molar-refractivity contribution is -0.140. The van der Waals surface area contributed by atoms with Crippen molar-refractivity contribution in [2.45, 2.75) is 37.8 Å². The van der Waals surface area contributed by atoms with Gasteiger partial charge in [0.2, 0.25) is 11.8 Å². The summed E-state index contributed by atoms with van der Waals surface area (Å²) in [6.45, 7) is 3.55. The number of nitrogens with zero attached hydrogens (tertiary/aromatic N) is 2. The van der Waals surface area contributed by atoms with E-state index in [4.69, 9.17) is 11.6 Å². The second-order valence-corrected chi connectivity index (χ2v) is 12.2. The summed E-state index contributed by atoms with van der Waals surface area (Å²) in [5.41, 5.74) is 2.61. The summed E-state index contributed by atoms with van der Waals surface area (Å²) in [5, 5.41) is 3.31. The molecule has 0 bridgehead atoms. The Bertz CT molecular complexity index is 1600. The average Bonchev–Trinajstić information content (AvgIpc) is 2.99. The van der Waals surface area contributed by atoms with Crippen molar-refractivity contribution in [3.05, 3.63) is 131 Å². The molecule has 7 nitrogen and oxygen atoms in total. The smallest absolute Gasteiger partial charge is 0.264 e. The van der Waals surface area contributed by atoms with Gasteiger partial charge in [-0.1, -0.05) is 90.5 Å². The van der Waals surface area contributed by atoms with Crippen molar-refractivity contribution in [1.82, 2.24) is 10.2 Å². The Balaban J connectivity index is 1.80. The highest BCUT2D eigenvalue weighted by molar-refractivity contribution is 7.92. The van der Waals surface area contributed by atoms with Gasteiger partial charge in [0.05, 0.1) is 10.6 Å². The quantitative estimate of drug-likeness (QED) is 0.228. The first-order chi connectivity index (χ1) is 20.2. The Kier molecular flexibility index (Phi) is 10.4. The van der Waals surface area contributed by atoms with E-state index in [1.807, 2.05) is 67.6 Å². The van der Waals surface area contributed by atoms with Gasteiger partial charge in [-0.3, -0.25) is 13.9 Å². The second-order valence-electron chi connectivity index (χ2n) is 9.86. The number of hydrogen-bond acceptors (Lipinski definition) is 4. The topological polar surface area (TPSA) is 86.8 Å². The largest absolute Gasteiger partial charge is 0.355 e. The van der Waals surface area contributed by atoms with Crippen molar-refractivity contribution >= 4 is 39.1 Å². The van der Waals surface area contributed by atoms with E-state index in [2.05, 4.69) is 5.32 Å². The summed E-state index contributed by atoms with van der Waals surface area (Å²) in [6.07, 6.45) is 0.261. The summed E-state index contributed by atoms with van der Waals surface area (Å²) >= 11 is 6.19. The monoisotopic (exact) mass is 603 g/mol. The van der Waals surface area contributed by atoms with Crippen molar-refractivity contribution in [3.8, 4) is 0 Å². The minimum atomic E-state index is -4.16. The highest BCUT2D eigenvalue weighted by atomic mass is 35.5. The standard InChI is InChI=1S/C33H34ClN3O4S/c1-3-35-33(39)31(22-26-13-7-4-8-14-26)36(23-27-15-9-5-10-16-27)32(38)24-37(30-20-19-28(34)21-25(30)2)42(40,41)29-17-11-6-12-18-29/h4-21,31H,3,22-24H2,1-2H3,(H,35,39). The van der Waals surface area contributed by atoms with Crippen LogP contribution in [0.2, 0.25) is 5.02 Å². The molecule has 0 aliphatic rings. The van der Waals surface area contributed by atoms with E-state index >= 15 is 0 Å². The zero-order valence-electron chi connectivity index (χ0n) is 23.6. The van der Waals surface area contributed by atoms with Crippen molar-refractivity contribution in [2.75, 3.05) is 17.4 Å². The number of hydrogen-bond donors (Lipinski definition) is 1. The Labute approximate surface area is 252 Å². The van der Waals surface area contributed by atoms with Crippen LogP contribution in [-0.2, 0) is 32.6 Å². The van der Waals surface area contributed by atoms with Crippen LogP contribution in [0.25, 0.3) is 0 Å². The first kappa shape index (κ1) is 30.8. The van der Waals surface area contributed by atoms with Gasteiger partial charge in [0.25, 0.3) is 10.0 Å². The number of sulfonamides is 1. The Morgan fingerprint density at radius 1 is 0.833 bits per heavy atom. The van der Waals surface area contributed by atoms with Crippen molar-refractivity contribution < 1.29 is 18.0 Å². The van der Waals surface area contributed by atoms with E-state index in [0.717, 1.165) is 15.4 Å². The van der Waals surface area contributed by atoms with Crippen molar-refractivity contribution in [3.63, 3.8) is 0 Å². The number of aryl methyl sites for hydroxylation is 1. The second kappa shape index (κ2) is 14.2. The van der Waals surface area contributed by atoms with Gasteiger partial charge in [-0.15, -0.1) is 0 Å². The van der Waals surface area contributed by atoms with Gasteiger partial charge in [-0.25, -0.2) is 8.42 Å². The van der Waals surface area contributed by atoms with Crippen LogP contribution in [0.4, 0.5) is 5.69 Å². The van der Waals surface area contributed by atoms with Crippen molar-refractivity contribution in [2.24, 2.45) is 0 Å². The van der Waals surface area contributed by atoms with Crippen molar-refractivity contribution in [1.29, 1.82) is 0 Å². The normalized spacial score (nSPS) is 11.9. The van der Waals surface area contributed by atoms with Crippen LogP contribution in [0, 0.1) is 6.92 Å². The molecule has 2 amide bonds. The molecule has 0 fully saturated rings. The maximum absolute atomic E-state index is 14.3. The van der Waals surface area contributed by atoms with E-state index in [1.165, 1.54) is 17.0 Å². The molecule has 1 atom stereocenters. The summed E-state index contributed by atoms with van der Waals surface area (Å²) in [5.74, 6) is -0.828. The fourth-order valence-corrected chi connectivity index (χ4v) is 6.48. The fraction of sp³-hybridized carbons (Fsp3) is 0.212. The molecule has 9 heteroatoms. The first-order valence-corrected chi connectivity index (χ1v) is 15.5. The van der Waals surface area contributed by atoms with Gasteiger partial charge in [0.1, 0.15) is 12.6 Å². The maximum Gasteiger partial charge on any atom is 0.264 e. The van der Waals surface area contributed by atoms with Crippen LogP contribution in [-0.4, -0.2) is 44.3 Å². The molecule has 0 saturated heterocycles. The van der Waals surface area contributed by atoms with Gasteiger partial charge in [-0.2, -0.15) is 0 Å². The van der Waals surface area contributed by atoms with Gasteiger partial charge in [-0.05, 0) is 60.9 Å². The molecule has 0 aromatic heterocycles. The summed E-state index contributed by atoms with van der Waals surface area (Å²) in [7, 11) is -4.16. The number of halogens is 1. The Morgan fingerprint density at radius 2 is 1.40 bits per heavy atom. The molecule has 0 aliphatic heterocycles. The number of benzene rings is 4. The fourth-order valence-electron chi connectivity index (χ4n) is 4.76. The zero-order chi connectivity index (χ0) is 30.1. The Morgan fingerprint density at radius 3 is 1.98 bits per heavy atom. The Hall–Kier alpha value is -4.14. The van der Waals surface area contributed by atoms with Gasteiger partial charge in [0.15, 0.2) is 0 Å². The minimum Gasteiger partial charge on any atom is -0.355 e. The molecule has 0 heterocycles. The lowest BCUT2D eigenvalue weighted by Crippen LogP contribution is -2.53. The van der Waals surface area contributed by atoms with Crippen LogP contribution in [0.1, 0.15) is 23.6 Å². The third-order valence-electron chi connectivity index (χ3n) is 6.86. The lowest BCUT2D eigenvalue weighted by Gasteiger charge is -2.34. The molecule has 0 aliphatic carbocycles. The molecule has 4 aromatic carbocycles. The highest BCUT2D eigenvalue weighted by Gasteiger charge is 2.34. The van der Waals surface area contributed by atoms with Crippen LogP contribution in [0.5, 0.6) is 0 Å². The molecule has 4 aromatic rings. The molecule has 0 radical (unpaired) electrons. The summed E-state index contributed by atoms with van der Waals surface area (Å²) in [4.78, 5) is 29.4. The molecular formula is C33H34ClN3O4S. The van der Waals surface area contributed by atoms with E-state index in [1.54, 1.807) is 43.3 Å². The summed E-state index contributed by atoms with van der Waals surface area (Å²) in [6, 6.07) is 30.7. The molecule has 1 N–H and O–H groups in total. The van der Waals surface area contributed by atoms with E-state index in [9.17, 15) is 18.0 Å². The molecule has 4 rings (SSSR count). The number of rotatable bonds is 12. The van der Waals surface area contributed by atoms with Gasteiger partial charge < -0.3 is 10.2 Å². The minimum absolute atomic E-state index is 0.0475. The van der Waals surface area contributed by atoms with Gasteiger partial charge in [0, 0.05) is 24.5 Å². The molecule has 0 saturated carbocycles. The van der Waals surface area contributed by atoms with E-state index in [-0.39, 0.29) is 23.8 Å². The van der Waals surface area contributed by atoms with Crippen LogP contribution in [0.15, 0.2) is 114 Å². The number of carbonyl (C=O) groups is 2. The predicted molar refractivity (Wildman–Crippen MR) is 167 cm³/mol. The maximum atomic E-state index is 14.3. The lowest BCUT2D eigenvalue weighted by atomic mass is 10.0. The number of carbonyl (C=O) groups excluding carboxylic acids is 2. The SMILES string of the molecule is CCNC(=O)C(Cc1ccccc1)N(Cc1ccccc1)C(=O)CN(c1ccc(Cl)cc1C)S(=O)(=O)c1ccccc1. The third kappa shape index (κ3) is 7.57. The van der Waals surface area contributed by atoms with E-state index < -0.39 is 28.5 Å². The predicted octanol–water partition coefficient (Wildman–Crippen LogP) is 5.62. The molecule has 0 spiro atoms. The van der Waals surface area contributed by atoms with Crippen LogP contribution in [0.3, 0.4) is 0 Å².